The summed E-state index contributed by atoms with van der Waals surface area (Å²) in [5.74, 6) is -0.0205. The number of H-pyrrole nitrogens is 1. The number of nitrogens with one attached hydrogen (secondary N) is 1. The molecule has 6 heteroatoms. The first kappa shape index (κ1) is 17.2. The highest BCUT2D eigenvalue weighted by molar-refractivity contribution is 5.94. The summed E-state index contributed by atoms with van der Waals surface area (Å²) in [5.41, 5.74) is 3.98. The summed E-state index contributed by atoms with van der Waals surface area (Å²) in [6, 6.07) is 1.82. The van der Waals surface area contributed by atoms with Crippen LogP contribution in [0, 0.1) is 13.8 Å². The second-order valence-electron chi connectivity index (χ2n) is 6.75. The number of hydrogen-bond acceptors (Lipinski definition) is 3. The lowest BCUT2D eigenvalue weighted by Gasteiger charge is -2.52. The van der Waals surface area contributed by atoms with E-state index in [1.54, 1.807) is 0 Å². The average molecular weight is 339 g/mol. The first-order valence-electron chi connectivity index (χ1n) is 8.53. The molecule has 25 heavy (non-hydrogen) atoms. The Morgan fingerprint density at radius 1 is 1.36 bits per heavy atom. The number of aryl methyl sites for hydroxylation is 2. The number of hydrogen-bond donors (Lipinski definition) is 1. The molecule has 0 radical (unpaired) electrons. The Bertz CT molecular complexity index is 819. The molecule has 6 nitrogen and oxygen atoms in total. The zero-order chi connectivity index (χ0) is 18.2. The van der Waals surface area contributed by atoms with Gasteiger partial charge in [-0.15, -0.1) is 13.2 Å². The molecular weight excluding hydrogens is 314 g/mol. The summed E-state index contributed by atoms with van der Waals surface area (Å²) in [5, 5.41) is 11.7. The zero-order valence-electron chi connectivity index (χ0n) is 15.2. The minimum absolute atomic E-state index is 0.0205. The van der Waals surface area contributed by atoms with Gasteiger partial charge in [0.05, 0.1) is 16.9 Å². The maximum Gasteiger partial charge on any atom is 0.272 e. The summed E-state index contributed by atoms with van der Waals surface area (Å²) in [6.45, 7) is 12.4. The molecule has 0 aliphatic carbocycles. The third-order valence-corrected chi connectivity index (χ3v) is 5.24. The van der Waals surface area contributed by atoms with Crippen LogP contribution in [0.25, 0.3) is 11.3 Å². The van der Waals surface area contributed by atoms with Gasteiger partial charge in [-0.1, -0.05) is 12.2 Å². The number of carbonyl (C=O) groups is 1. The van der Waals surface area contributed by atoms with Crippen molar-refractivity contribution in [2.45, 2.75) is 38.6 Å². The number of likely N-dealkylation sites (tertiary alicyclic amines) is 1. The molecule has 0 unspecified atom stereocenters. The van der Waals surface area contributed by atoms with Crippen molar-refractivity contribution in [3.63, 3.8) is 0 Å². The summed E-state index contributed by atoms with van der Waals surface area (Å²) in [4.78, 5) is 14.9. The highest BCUT2D eigenvalue weighted by Gasteiger charge is 2.46. The van der Waals surface area contributed by atoms with E-state index in [1.807, 2.05) is 48.7 Å². The Morgan fingerprint density at radius 3 is 2.52 bits per heavy atom. The molecule has 1 aliphatic heterocycles. The molecule has 0 atom stereocenters. The van der Waals surface area contributed by atoms with Crippen LogP contribution in [0.15, 0.2) is 31.4 Å². The fraction of sp³-hybridized carbons (Fsp3) is 0.421. The van der Waals surface area contributed by atoms with Gasteiger partial charge in [0.1, 0.15) is 5.69 Å². The van der Waals surface area contributed by atoms with Gasteiger partial charge >= 0.3 is 0 Å². The van der Waals surface area contributed by atoms with Gasteiger partial charge < -0.3 is 4.90 Å². The van der Waals surface area contributed by atoms with Crippen molar-refractivity contribution in [2.24, 2.45) is 7.05 Å². The van der Waals surface area contributed by atoms with E-state index in [9.17, 15) is 4.79 Å². The van der Waals surface area contributed by atoms with Gasteiger partial charge in [0.15, 0.2) is 0 Å². The van der Waals surface area contributed by atoms with Crippen molar-refractivity contribution in [3.8, 4) is 11.3 Å². The zero-order valence-corrected chi connectivity index (χ0v) is 15.2. The topological polar surface area (TPSA) is 66.8 Å². The molecule has 0 saturated carbocycles. The van der Waals surface area contributed by atoms with Crippen molar-refractivity contribution >= 4 is 5.91 Å². The fourth-order valence-corrected chi connectivity index (χ4v) is 3.75. The van der Waals surface area contributed by atoms with Crippen molar-refractivity contribution in [2.75, 3.05) is 6.54 Å². The Balaban J connectivity index is 1.88. The highest BCUT2D eigenvalue weighted by Crippen LogP contribution is 2.39. The molecular formula is C19H25N5O. The fourth-order valence-electron chi connectivity index (χ4n) is 3.75. The molecule has 0 aromatic carbocycles. The van der Waals surface area contributed by atoms with Crippen LogP contribution in [-0.4, -0.2) is 42.9 Å². The van der Waals surface area contributed by atoms with E-state index in [4.69, 9.17) is 0 Å². The van der Waals surface area contributed by atoms with E-state index in [-0.39, 0.29) is 11.4 Å². The predicted molar refractivity (Wildman–Crippen MR) is 98.3 cm³/mol. The van der Waals surface area contributed by atoms with Crippen LogP contribution >= 0.6 is 0 Å². The third kappa shape index (κ3) is 2.71. The minimum Gasteiger partial charge on any atom is -0.331 e. The van der Waals surface area contributed by atoms with Gasteiger partial charge in [0.2, 0.25) is 0 Å². The molecule has 1 N–H and O–H groups in total. The average Bonchev–Trinajstić information content (AvgIpc) is 3.11. The standard InChI is InChI=1S/C19H25N5O/c1-6-8-19(9-7-2)10-11-24(19)18(25)16-12-15(20-21-16)17-13(3)22-23(5)14(17)4/h6-7,12H,1-2,8-11H2,3-5H3,(H,20,21). The minimum atomic E-state index is -0.188. The van der Waals surface area contributed by atoms with E-state index in [2.05, 4.69) is 28.5 Å². The van der Waals surface area contributed by atoms with Crippen LogP contribution in [0.2, 0.25) is 0 Å². The van der Waals surface area contributed by atoms with Gasteiger partial charge in [-0.05, 0) is 39.2 Å². The summed E-state index contributed by atoms with van der Waals surface area (Å²) in [6.07, 6.45) is 6.27. The molecule has 2 aromatic rings. The molecule has 2 aromatic heterocycles. The maximum atomic E-state index is 13.0. The number of amides is 1. The van der Waals surface area contributed by atoms with E-state index >= 15 is 0 Å². The summed E-state index contributed by atoms with van der Waals surface area (Å²) in [7, 11) is 1.91. The molecule has 3 rings (SSSR count). The van der Waals surface area contributed by atoms with Gasteiger partial charge in [-0.2, -0.15) is 10.2 Å². The van der Waals surface area contributed by atoms with Crippen molar-refractivity contribution in [1.82, 2.24) is 24.9 Å². The lowest BCUT2D eigenvalue weighted by atomic mass is 9.78. The molecule has 1 saturated heterocycles. The number of aromatic amines is 1. The maximum absolute atomic E-state index is 13.0. The van der Waals surface area contributed by atoms with Gasteiger partial charge in [0.25, 0.3) is 5.91 Å². The molecule has 3 heterocycles. The number of rotatable bonds is 6. The highest BCUT2D eigenvalue weighted by atomic mass is 16.2. The van der Waals surface area contributed by atoms with Gasteiger partial charge in [-0.3, -0.25) is 14.6 Å². The first-order valence-corrected chi connectivity index (χ1v) is 8.53. The molecule has 0 spiro atoms. The lowest BCUT2D eigenvalue weighted by molar-refractivity contribution is -0.000529. The monoisotopic (exact) mass is 339 g/mol. The normalized spacial score (nSPS) is 15.7. The largest absolute Gasteiger partial charge is 0.331 e. The summed E-state index contributed by atoms with van der Waals surface area (Å²) < 4.78 is 1.83. The van der Waals surface area contributed by atoms with E-state index in [1.165, 1.54) is 0 Å². The van der Waals surface area contributed by atoms with Crippen molar-refractivity contribution in [1.29, 1.82) is 0 Å². The van der Waals surface area contributed by atoms with E-state index < -0.39 is 0 Å². The molecule has 132 valence electrons. The SMILES string of the molecule is C=CCC1(CC=C)CCN1C(=O)c1cc(-c2c(C)nn(C)c2C)n[nH]1. The predicted octanol–water partition coefficient (Wildman–Crippen LogP) is 3.16. The van der Waals surface area contributed by atoms with Gasteiger partial charge in [-0.25, -0.2) is 0 Å². The number of aromatic nitrogens is 4. The van der Waals surface area contributed by atoms with Crippen LogP contribution in [-0.2, 0) is 7.05 Å². The second-order valence-corrected chi connectivity index (χ2v) is 6.75. The van der Waals surface area contributed by atoms with Gasteiger partial charge in [0, 0.05) is 24.8 Å². The van der Waals surface area contributed by atoms with Crippen molar-refractivity contribution in [3.05, 3.63) is 48.5 Å². The third-order valence-electron chi connectivity index (χ3n) is 5.24. The van der Waals surface area contributed by atoms with Crippen LogP contribution < -0.4 is 0 Å². The quantitative estimate of drug-likeness (QED) is 0.822. The van der Waals surface area contributed by atoms with Crippen LogP contribution in [0.3, 0.4) is 0 Å². The van der Waals surface area contributed by atoms with E-state index in [0.29, 0.717) is 5.69 Å². The lowest BCUT2D eigenvalue weighted by Crippen LogP contribution is -2.61. The number of nitrogens with zero attached hydrogens (tertiary/aromatic N) is 4. The molecule has 1 fully saturated rings. The summed E-state index contributed by atoms with van der Waals surface area (Å²) >= 11 is 0. The Kier molecular flexibility index (Phi) is 4.37. The second kappa shape index (κ2) is 6.35. The molecule has 1 amide bonds. The Labute approximate surface area is 148 Å². The van der Waals surface area contributed by atoms with E-state index in [0.717, 1.165) is 48.5 Å². The smallest absolute Gasteiger partial charge is 0.272 e. The Morgan fingerprint density at radius 2 is 2.04 bits per heavy atom. The number of carbonyl (C=O) groups excluding carboxylic acids is 1. The first-order chi connectivity index (χ1) is 11.9. The molecule has 0 bridgehead atoms. The van der Waals surface area contributed by atoms with Crippen LogP contribution in [0.5, 0.6) is 0 Å². The molecule has 1 aliphatic rings. The van der Waals surface area contributed by atoms with Crippen LogP contribution in [0.1, 0.15) is 41.1 Å². The van der Waals surface area contributed by atoms with Crippen molar-refractivity contribution < 1.29 is 4.79 Å². The Hall–Kier alpha value is -2.63. The van der Waals surface area contributed by atoms with Crippen LogP contribution in [0.4, 0.5) is 0 Å².